The van der Waals surface area contributed by atoms with E-state index in [9.17, 15) is 87.1 Å². The Balaban J connectivity index is 2.64. The number of aliphatic carboxylic acids is 3. The number of aliphatic hydroxyl groups is 1. The number of carboxylic acid groups (broad SMARTS) is 3. The Kier molecular flexibility index (Phi) is 19.6. The zero-order chi connectivity index (χ0) is 47.0. The second-order valence-electron chi connectivity index (χ2n) is 14.2. The first-order valence-electron chi connectivity index (χ1n) is 18.8. The van der Waals surface area contributed by atoms with Gasteiger partial charge in [-0.25, -0.2) is 4.39 Å². The van der Waals surface area contributed by atoms with Crippen molar-refractivity contribution in [2.24, 2.45) is 5.73 Å². The molecule has 62 heavy (non-hydrogen) atoms. The number of halogens is 1. The number of amides is 10. The van der Waals surface area contributed by atoms with E-state index in [4.69, 9.17) is 5.73 Å². The third-order valence-corrected chi connectivity index (χ3v) is 9.14. The van der Waals surface area contributed by atoms with Crippen LogP contribution in [0.15, 0.2) is 0 Å². The second-order valence-corrected chi connectivity index (χ2v) is 14.2. The van der Waals surface area contributed by atoms with Gasteiger partial charge in [-0.1, -0.05) is 0 Å². The number of nitrogens with two attached hydrogens (primary N) is 1. The van der Waals surface area contributed by atoms with Crippen LogP contribution >= 0.6 is 0 Å². The van der Waals surface area contributed by atoms with Gasteiger partial charge >= 0.3 is 17.9 Å². The molecule has 2 aliphatic heterocycles. The standard InChI is InChI=1S/C34H49FN10O17/c1-13(46)27-33(61)38-11-23(49)40-16(3-5-24(50)51)29(57)43-20(28(36)56)10-37-22(48)8-18(39-14(2)47)31(59)42-19(9-26(54)55)34(62)45-12-15(35)7-21(45)32(60)41-17(30(58)44-27)4-6-25(52)53/h13,15-21,27,46H,3-12H2,1-2H3,(H2,36,56)(H,37,48)(H,38,61)(H,39,47)(H,40,49)(H,41,60)(H,42,59)(H,43,57)(H,44,58)(H,50,51)(H,52,53)(H,54,55)/t13-,15+,16+,17+,18+,19+,20+,21+,27+/m1/s1. The van der Waals surface area contributed by atoms with Gasteiger partial charge in [-0.05, 0) is 19.8 Å². The Morgan fingerprint density at radius 2 is 1.32 bits per heavy atom. The summed E-state index contributed by atoms with van der Waals surface area (Å²) in [4.78, 5) is 166. The van der Waals surface area contributed by atoms with Crippen molar-refractivity contribution in [3.05, 3.63) is 0 Å². The molecular weight excluding hydrogens is 839 g/mol. The monoisotopic (exact) mass is 888 g/mol. The summed E-state index contributed by atoms with van der Waals surface area (Å²) in [7, 11) is 0. The summed E-state index contributed by atoms with van der Waals surface area (Å²) in [6, 6.07) is -13.0. The van der Waals surface area contributed by atoms with E-state index in [1.54, 1.807) is 0 Å². The van der Waals surface area contributed by atoms with E-state index in [0.717, 1.165) is 13.8 Å². The molecule has 0 aromatic rings. The molecule has 2 saturated heterocycles. The van der Waals surface area contributed by atoms with Gasteiger partial charge in [0.15, 0.2) is 0 Å². The summed E-state index contributed by atoms with van der Waals surface area (Å²) >= 11 is 0. The molecule has 0 bridgehead atoms. The van der Waals surface area contributed by atoms with E-state index in [0.29, 0.717) is 4.90 Å². The summed E-state index contributed by atoms with van der Waals surface area (Å²) in [5, 5.41) is 55.3. The van der Waals surface area contributed by atoms with Crippen LogP contribution in [-0.2, 0) is 62.3 Å². The molecule has 2 aliphatic rings. The van der Waals surface area contributed by atoms with Crippen molar-refractivity contribution in [2.75, 3.05) is 19.6 Å². The highest BCUT2D eigenvalue weighted by molar-refractivity contribution is 5.99. The molecule has 2 rings (SSSR count). The third kappa shape index (κ3) is 16.6. The van der Waals surface area contributed by atoms with Gasteiger partial charge in [-0.15, -0.1) is 0 Å². The van der Waals surface area contributed by atoms with Crippen molar-refractivity contribution in [1.82, 2.24) is 47.4 Å². The molecule has 14 N–H and O–H groups in total. The van der Waals surface area contributed by atoms with Gasteiger partial charge < -0.3 is 73.6 Å². The fourth-order valence-corrected chi connectivity index (χ4v) is 6.07. The summed E-state index contributed by atoms with van der Waals surface area (Å²) in [6.45, 7) is -0.674. The normalized spacial score (nSPS) is 27.1. The number of hydrogen-bond donors (Lipinski definition) is 13. The Morgan fingerprint density at radius 1 is 0.758 bits per heavy atom. The molecule has 0 aromatic heterocycles. The Morgan fingerprint density at radius 3 is 1.85 bits per heavy atom. The molecular formula is C34H49FN10O17. The lowest BCUT2D eigenvalue weighted by atomic mass is 10.1. The van der Waals surface area contributed by atoms with Crippen LogP contribution in [0.5, 0.6) is 0 Å². The number of primary amides is 1. The topological polar surface area (TPSA) is 428 Å². The lowest BCUT2D eigenvalue weighted by Crippen LogP contribution is -2.61. The average Bonchev–Trinajstić information content (AvgIpc) is 3.56. The quantitative estimate of drug-likeness (QED) is 0.0916. The van der Waals surface area contributed by atoms with Crippen LogP contribution in [0.2, 0.25) is 0 Å². The highest BCUT2D eigenvalue weighted by Gasteiger charge is 2.44. The predicted molar refractivity (Wildman–Crippen MR) is 200 cm³/mol. The highest BCUT2D eigenvalue weighted by atomic mass is 19.1. The van der Waals surface area contributed by atoms with Gasteiger partial charge in [-0.3, -0.25) is 62.3 Å². The minimum atomic E-state index is -2.08. The Labute approximate surface area is 350 Å². The number of aliphatic hydroxyl groups excluding tert-OH is 1. The maximum absolute atomic E-state index is 14.9. The van der Waals surface area contributed by atoms with Crippen LogP contribution in [0.4, 0.5) is 4.39 Å². The van der Waals surface area contributed by atoms with E-state index < -0.39 is 196 Å². The Hall–Kier alpha value is -7.00. The SMILES string of the molecule is CC(=O)N[C@H]1CC(=O)NC[C@@H](C(N)=O)NC(=O)[C@H](CCC(=O)O)NC(=O)CNC(=O)[C@H]([C@@H](C)O)NC(=O)[C@H](CCC(=O)O)NC(=O)[C@@H]2C[C@H](F)CN2C(=O)[C@H](CC(=O)O)NC1=O. The number of alkyl halides is 1. The van der Waals surface area contributed by atoms with Gasteiger partial charge in [0, 0.05) is 32.7 Å². The molecule has 28 heteroatoms. The van der Waals surface area contributed by atoms with Crippen LogP contribution < -0.4 is 48.3 Å². The molecule has 0 unspecified atom stereocenters. The smallest absolute Gasteiger partial charge is 0.305 e. The first kappa shape index (κ1) is 51.1. The van der Waals surface area contributed by atoms with Crippen molar-refractivity contribution in [3.63, 3.8) is 0 Å². The van der Waals surface area contributed by atoms with E-state index >= 15 is 0 Å². The van der Waals surface area contributed by atoms with Crippen LogP contribution in [0.3, 0.4) is 0 Å². The molecule has 2 fully saturated rings. The number of carbonyl (C=O) groups excluding carboxylic acids is 10. The summed E-state index contributed by atoms with van der Waals surface area (Å²) in [6.07, 6.45) is -9.37. The van der Waals surface area contributed by atoms with Crippen LogP contribution in [0.1, 0.15) is 58.8 Å². The predicted octanol–water partition coefficient (Wildman–Crippen LogP) is -7.44. The van der Waals surface area contributed by atoms with Gasteiger partial charge in [0.2, 0.25) is 59.1 Å². The van der Waals surface area contributed by atoms with Gasteiger partial charge in [-0.2, -0.15) is 0 Å². The number of rotatable bonds is 11. The minimum absolute atomic E-state index is 0.547. The lowest BCUT2D eigenvalue weighted by molar-refractivity contribution is -0.146. The average molecular weight is 889 g/mol. The molecule has 9 atom stereocenters. The maximum atomic E-state index is 14.9. The molecule has 10 amide bonds. The lowest BCUT2D eigenvalue weighted by Gasteiger charge is -2.30. The number of carboxylic acids is 3. The number of fused-ring (bicyclic) bond motifs is 1. The molecule has 0 aliphatic carbocycles. The maximum Gasteiger partial charge on any atom is 0.305 e. The van der Waals surface area contributed by atoms with E-state index in [-0.39, 0.29) is 0 Å². The fraction of sp³-hybridized carbons (Fsp3) is 0.618. The molecule has 0 spiro atoms. The zero-order valence-corrected chi connectivity index (χ0v) is 33.3. The summed E-state index contributed by atoms with van der Waals surface area (Å²) in [5.74, 6) is -16.7. The molecule has 0 radical (unpaired) electrons. The van der Waals surface area contributed by atoms with E-state index in [2.05, 4.69) is 37.2 Å². The van der Waals surface area contributed by atoms with Crippen molar-refractivity contribution < 1.29 is 87.1 Å². The molecule has 27 nitrogen and oxygen atoms in total. The summed E-state index contributed by atoms with van der Waals surface area (Å²) < 4.78 is 14.9. The minimum Gasteiger partial charge on any atom is -0.481 e. The van der Waals surface area contributed by atoms with Gasteiger partial charge in [0.25, 0.3) is 0 Å². The molecule has 2 heterocycles. The van der Waals surface area contributed by atoms with Gasteiger partial charge in [0.05, 0.1) is 32.0 Å². The Bertz CT molecular complexity index is 1800. The number of nitrogens with one attached hydrogen (secondary N) is 8. The van der Waals surface area contributed by atoms with Crippen molar-refractivity contribution in [3.8, 4) is 0 Å². The number of carbonyl (C=O) groups is 13. The summed E-state index contributed by atoms with van der Waals surface area (Å²) in [5.41, 5.74) is 5.37. The zero-order valence-electron chi connectivity index (χ0n) is 33.3. The number of nitrogens with zero attached hydrogens (tertiary/aromatic N) is 1. The van der Waals surface area contributed by atoms with E-state index in [1.807, 2.05) is 5.32 Å². The second kappa shape index (κ2) is 23.7. The molecule has 344 valence electrons. The fourth-order valence-electron chi connectivity index (χ4n) is 6.07. The van der Waals surface area contributed by atoms with Crippen molar-refractivity contribution in [1.29, 1.82) is 0 Å². The largest absolute Gasteiger partial charge is 0.481 e. The molecule has 0 saturated carbocycles. The highest BCUT2D eigenvalue weighted by Crippen LogP contribution is 2.23. The molecule has 0 aromatic carbocycles. The van der Waals surface area contributed by atoms with Gasteiger partial charge in [0.1, 0.15) is 48.5 Å². The van der Waals surface area contributed by atoms with E-state index in [1.165, 1.54) is 0 Å². The van der Waals surface area contributed by atoms with Crippen LogP contribution in [0.25, 0.3) is 0 Å². The van der Waals surface area contributed by atoms with Crippen molar-refractivity contribution >= 4 is 77.0 Å². The first-order chi connectivity index (χ1) is 28.9. The third-order valence-electron chi connectivity index (χ3n) is 9.14. The first-order valence-corrected chi connectivity index (χ1v) is 18.8. The van der Waals surface area contributed by atoms with Crippen LogP contribution in [-0.4, -0.2) is 177 Å². The van der Waals surface area contributed by atoms with Crippen LogP contribution in [0, 0.1) is 0 Å². The van der Waals surface area contributed by atoms with Crippen molar-refractivity contribution in [2.45, 2.75) is 113 Å². The number of hydrogen-bond acceptors (Lipinski definition) is 14.